The van der Waals surface area contributed by atoms with Crippen molar-refractivity contribution in [1.82, 2.24) is 0 Å². The molecule has 0 fully saturated rings. The van der Waals surface area contributed by atoms with Gasteiger partial charge in [0.05, 0.1) is 6.61 Å². The molecule has 0 amide bonds. The number of ether oxygens (including phenoxy) is 1. The number of carbonyl (C=O) groups is 1. The molecule has 0 aromatic heterocycles. The number of alkyl halides is 1. The van der Waals surface area contributed by atoms with Crippen LogP contribution in [0.2, 0.25) is 18.1 Å². The first-order chi connectivity index (χ1) is 8.09. The molecule has 3 nitrogen and oxygen atoms in total. The molecule has 0 aromatic rings. The van der Waals surface area contributed by atoms with Crippen LogP contribution in [0.3, 0.4) is 0 Å². The molecule has 0 saturated heterocycles. The second kappa shape index (κ2) is 9.33. The molecule has 1 atom stereocenters. The van der Waals surface area contributed by atoms with Gasteiger partial charge in [0, 0.05) is 4.43 Å². The van der Waals surface area contributed by atoms with Crippen molar-refractivity contribution in [3.8, 4) is 0 Å². The van der Waals surface area contributed by atoms with Gasteiger partial charge in [-0.15, -0.1) is 0 Å². The molecule has 0 aliphatic carbocycles. The Hall–Kier alpha value is 0.377. The Labute approximate surface area is 120 Å². The van der Waals surface area contributed by atoms with Crippen LogP contribution in [0.1, 0.15) is 34.1 Å². The minimum atomic E-state index is -1.71. The van der Waals surface area contributed by atoms with Gasteiger partial charge in [0.25, 0.3) is 0 Å². The molecule has 0 heterocycles. The summed E-state index contributed by atoms with van der Waals surface area (Å²) in [7, 11) is -1.71. The summed E-state index contributed by atoms with van der Waals surface area (Å²) >= 11 is 2.28. The van der Waals surface area contributed by atoms with Gasteiger partial charge >= 0.3 is 5.97 Å². The van der Waals surface area contributed by atoms with Crippen LogP contribution >= 0.6 is 22.6 Å². The fourth-order valence-corrected chi connectivity index (χ4v) is 5.24. The van der Waals surface area contributed by atoms with Crippen molar-refractivity contribution >= 4 is 36.9 Å². The van der Waals surface area contributed by atoms with Gasteiger partial charge in [0.15, 0.2) is 8.32 Å². The summed E-state index contributed by atoms with van der Waals surface area (Å²) in [6.07, 6.45) is 0.409. The lowest BCUT2D eigenvalue weighted by atomic mass is 10.3. The predicted octanol–water partition coefficient (Wildman–Crippen LogP) is 3.77. The molecule has 0 aliphatic rings. The molecule has 0 aromatic carbocycles. The smallest absolute Gasteiger partial charge is 0.334 e. The van der Waals surface area contributed by atoms with E-state index in [1.54, 1.807) is 0 Å². The van der Waals surface area contributed by atoms with E-state index in [0.29, 0.717) is 6.61 Å². The SMILES string of the molecule is CCOC(=O)C(CCI)O[Si](CC)(CC)CC. The summed E-state index contributed by atoms with van der Waals surface area (Å²) in [4.78, 5) is 11.8. The predicted molar refractivity (Wildman–Crippen MR) is 82.2 cm³/mol. The molecule has 0 radical (unpaired) electrons. The molecule has 1 unspecified atom stereocenters. The zero-order valence-electron chi connectivity index (χ0n) is 11.4. The van der Waals surface area contributed by atoms with E-state index in [0.717, 1.165) is 29.0 Å². The van der Waals surface area contributed by atoms with Crippen molar-refractivity contribution in [3.05, 3.63) is 0 Å². The van der Waals surface area contributed by atoms with Crippen molar-refractivity contribution in [2.75, 3.05) is 11.0 Å². The number of hydrogen-bond donors (Lipinski definition) is 0. The lowest BCUT2D eigenvalue weighted by molar-refractivity contribution is -0.152. The Morgan fingerprint density at radius 3 is 2.06 bits per heavy atom. The van der Waals surface area contributed by atoms with E-state index in [4.69, 9.17) is 9.16 Å². The molecule has 17 heavy (non-hydrogen) atoms. The van der Waals surface area contributed by atoms with E-state index in [-0.39, 0.29) is 12.1 Å². The van der Waals surface area contributed by atoms with Crippen LogP contribution in [-0.2, 0) is 14.0 Å². The van der Waals surface area contributed by atoms with Crippen LogP contribution in [0.5, 0.6) is 0 Å². The molecule has 0 rings (SSSR count). The average molecular weight is 372 g/mol. The van der Waals surface area contributed by atoms with Gasteiger partial charge < -0.3 is 9.16 Å². The topological polar surface area (TPSA) is 35.5 Å². The highest BCUT2D eigenvalue weighted by Crippen LogP contribution is 2.25. The van der Waals surface area contributed by atoms with Crippen LogP contribution in [-0.4, -0.2) is 31.4 Å². The zero-order chi connectivity index (χ0) is 13.3. The maximum absolute atomic E-state index is 11.8. The van der Waals surface area contributed by atoms with Gasteiger partial charge in [0.1, 0.15) is 6.10 Å². The van der Waals surface area contributed by atoms with Crippen LogP contribution in [0.15, 0.2) is 0 Å². The molecule has 0 bridgehead atoms. The normalized spacial score (nSPS) is 13.5. The molecule has 0 saturated carbocycles. The minimum absolute atomic E-state index is 0.184. The first-order valence-electron chi connectivity index (χ1n) is 6.49. The van der Waals surface area contributed by atoms with Gasteiger partial charge in [-0.3, -0.25) is 0 Å². The summed E-state index contributed by atoms with van der Waals surface area (Å²) in [5.41, 5.74) is 0. The van der Waals surface area contributed by atoms with E-state index in [1.807, 2.05) is 6.92 Å². The number of halogens is 1. The second-order valence-electron chi connectivity index (χ2n) is 4.08. The highest BCUT2D eigenvalue weighted by atomic mass is 127. The average Bonchev–Trinajstić information content (AvgIpc) is 2.35. The Bertz CT molecular complexity index is 212. The fourth-order valence-electron chi connectivity index (χ4n) is 1.86. The number of rotatable bonds is 9. The van der Waals surface area contributed by atoms with Crippen LogP contribution in [0.25, 0.3) is 0 Å². The molecule has 0 aliphatic heterocycles. The lowest BCUT2D eigenvalue weighted by Gasteiger charge is -2.32. The summed E-state index contributed by atoms with van der Waals surface area (Å²) < 4.78 is 12.2. The van der Waals surface area contributed by atoms with E-state index >= 15 is 0 Å². The van der Waals surface area contributed by atoms with Crippen molar-refractivity contribution in [1.29, 1.82) is 0 Å². The first-order valence-corrected chi connectivity index (χ1v) is 10.5. The van der Waals surface area contributed by atoms with Gasteiger partial charge in [-0.05, 0) is 31.5 Å². The van der Waals surface area contributed by atoms with Crippen molar-refractivity contribution in [3.63, 3.8) is 0 Å². The Morgan fingerprint density at radius 1 is 1.18 bits per heavy atom. The number of esters is 1. The maximum atomic E-state index is 11.8. The Balaban J connectivity index is 4.65. The van der Waals surface area contributed by atoms with E-state index in [2.05, 4.69) is 43.4 Å². The minimum Gasteiger partial charge on any atom is -0.464 e. The molecule has 0 spiro atoms. The van der Waals surface area contributed by atoms with Gasteiger partial charge in [-0.1, -0.05) is 43.4 Å². The summed E-state index contributed by atoms with van der Waals surface area (Å²) in [5.74, 6) is -0.184. The second-order valence-corrected chi connectivity index (χ2v) is 9.88. The van der Waals surface area contributed by atoms with Gasteiger partial charge in [-0.2, -0.15) is 0 Å². The Morgan fingerprint density at radius 2 is 1.71 bits per heavy atom. The summed E-state index contributed by atoms with van der Waals surface area (Å²) in [6, 6.07) is 3.20. The van der Waals surface area contributed by atoms with Crippen LogP contribution < -0.4 is 0 Å². The fraction of sp³-hybridized carbons (Fsp3) is 0.917. The molecular weight excluding hydrogens is 347 g/mol. The third-order valence-electron chi connectivity index (χ3n) is 3.25. The van der Waals surface area contributed by atoms with Crippen LogP contribution in [0.4, 0.5) is 0 Å². The van der Waals surface area contributed by atoms with Gasteiger partial charge in [-0.25, -0.2) is 4.79 Å². The highest BCUT2D eigenvalue weighted by Gasteiger charge is 2.34. The summed E-state index contributed by atoms with van der Waals surface area (Å²) in [6.45, 7) is 8.78. The highest BCUT2D eigenvalue weighted by molar-refractivity contribution is 14.1. The van der Waals surface area contributed by atoms with Crippen molar-refractivity contribution in [2.24, 2.45) is 0 Å². The zero-order valence-corrected chi connectivity index (χ0v) is 14.6. The molecule has 5 heteroatoms. The van der Waals surface area contributed by atoms with E-state index in [9.17, 15) is 4.79 Å². The number of carbonyl (C=O) groups excluding carboxylic acids is 1. The third kappa shape index (κ3) is 5.70. The Kier molecular flexibility index (Phi) is 9.53. The quantitative estimate of drug-likeness (QED) is 0.268. The number of hydrogen-bond acceptors (Lipinski definition) is 3. The first kappa shape index (κ1) is 17.4. The molecular formula is C12H25IO3Si. The largest absolute Gasteiger partial charge is 0.464 e. The lowest BCUT2D eigenvalue weighted by Crippen LogP contribution is -2.43. The van der Waals surface area contributed by atoms with Gasteiger partial charge in [0.2, 0.25) is 0 Å². The van der Waals surface area contributed by atoms with Crippen molar-refractivity contribution in [2.45, 2.75) is 58.4 Å². The van der Waals surface area contributed by atoms with E-state index in [1.165, 1.54) is 0 Å². The molecule has 102 valence electrons. The maximum Gasteiger partial charge on any atom is 0.334 e. The van der Waals surface area contributed by atoms with E-state index < -0.39 is 8.32 Å². The monoisotopic (exact) mass is 372 g/mol. The van der Waals surface area contributed by atoms with Crippen LogP contribution in [0, 0.1) is 0 Å². The molecule has 0 N–H and O–H groups in total. The summed E-state index contributed by atoms with van der Waals surface area (Å²) in [5, 5.41) is 0. The standard InChI is InChI=1S/C12H25IO3Si/c1-5-15-12(14)11(9-10-13)16-17(6-2,7-3)8-4/h11H,5-10H2,1-4H3. The third-order valence-corrected chi connectivity index (χ3v) is 8.52. The van der Waals surface area contributed by atoms with Crippen molar-refractivity contribution < 1.29 is 14.0 Å².